The van der Waals surface area contributed by atoms with Crippen molar-refractivity contribution in [3.63, 3.8) is 0 Å². The molecule has 1 unspecified atom stereocenters. The van der Waals surface area contributed by atoms with E-state index in [9.17, 15) is 0 Å². The topological polar surface area (TPSA) is 12.0 Å². The van der Waals surface area contributed by atoms with Gasteiger partial charge >= 0.3 is 0 Å². The van der Waals surface area contributed by atoms with Gasteiger partial charge in [-0.15, -0.1) is 0 Å². The highest BCUT2D eigenvalue weighted by molar-refractivity contribution is 6.30. The molecule has 0 heterocycles. The van der Waals surface area contributed by atoms with Crippen LogP contribution in [0.4, 0.5) is 0 Å². The molecule has 0 saturated carbocycles. The standard InChI is InChI=1S/C19H24ClN/c1-13-9-14(2)19(15(3)10-13)12-18(21-4)11-16-5-7-17(20)8-6-16/h5-10,18,21H,11-12H2,1-4H3. The molecule has 0 fully saturated rings. The lowest BCUT2D eigenvalue weighted by Crippen LogP contribution is -2.30. The number of hydrogen-bond acceptors (Lipinski definition) is 1. The normalized spacial score (nSPS) is 12.4. The van der Waals surface area contributed by atoms with Gasteiger partial charge in [0.25, 0.3) is 0 Å². The van der Waals surface area contributed by atoms with Crippen LogP contribution < -0.4 is 5.32 Å². The third-order valence-corrected chi connectivity index (χ3v) is 4.35. The zero-order valence-corrected chi connectivity index (χ0v) is 14.1. The predicted molar refractivity (Wildman–Crippen MR) is 92.4 cm³/mol. The lowest BCUT2D eigenvalue weighted by Gasteiger charge is -2.20. The number of rotatable bonds is 5. The Hall–Kier alpha value is -1.31. The van der Waals surface area contributed by atoms with Crippen LogP contribution in [0.2, 0.25) is 5.02 Å². The van der Waals surface area contributed by atoms with E-state index in [1.807, 2.05) is 19.2 Å². The van der Waals surface area contributed by atoms with Crippen LogP contribution in [0.15, 0.2) is 36.4 Å². The van der Waals surface area contributed by atoms with E-state index in [1.54, 1.807) is 0 Å². The van der Waals surface area contributed by atoms with E-state index in [0.717, 1.165) is 17.9 Å². The monoisotopic (exact) mass is 301 g/mol. The second-order valence-corrected chi connectivity index (χ2v) is 6.33. The Morgan fingerprint density at radius 2 is 1.52 bits per heavy atom. The fourth-order valence-electron chi connectivity index (χ4n) is 2.96. The van der Waals surface area contributed by atoms with Crippen molar-refractivity contribution in [1.29, 1.82) is 0 Å². The zero-order valence-electron chi connectivity index (χ0n) is 13.3. The third-order valence-electron chi connectivity index (χ3n) is 4.09. The Morgan fingerprint density at radius 1 is 0.952 bits per heavy atom. The van der Waals surface area contributed by atoms with Gasteiger partial charge in [-0.25, -0.2) is 0 Å². The molecule has 0 amide bonds. The minimum absolute atomic E-state index is 0.436. The van der Waals surface area contributed by atoms with Gasteiger partial charge in [-0.3, -0.25) is 0 Å². The second-order valence-electron chi connectivity index (χ2n) is 5.90. The first-order valence-corrected chi connectivity index (χ1v) is 7.86. The fraction of sp³-hybridized carbons (Fsp3) is 0.368. The number of likely N-dealkylation sites (N-methyl/N-ethyl adjacent to an activating group) is 1. The number of hydrogen-bond donors (Lipinski definition) is 1. The van der Waals surface area contributed by atoms with Crippen LogP contribution in [-0.4, -0.2) is 13.1 Å². The molecule has 2 aromatic carbocycles. The molecule has 0 aliphatic carbocycles. The van der Waals surface area contributed by atoms with E-state index in [2.05, 4.69) is 50.4 Å². The van der Waals surface area contributed by atoms with Crippen LogP contribution >= 0.6 is 11.6 Å². The molecule has 1 N–H and O–H groups in total. The molecule has 0 saturated heterocycles. The summed E-state index contributed by atoms with van der Waals surface area (Å²) < 4.78 is 0. The summed E-state index contributed by atoms with van der Waals surface area (Å²) in [5.74, 6) is 0. The zero-order chi connectivity index (χ0) is 15.4. The summed E-state index contributed by atoms with van der Waals surface area (Å²) in [5, 5.41) is 4.25. The van der Waals surface area contributed by atoms with Gasteiger partial charge < -0.3 is 5.32 Å². The molecule has 0 radical (unpaired) electrons. The highest BCUT2D eigenvalue weighted by Crippen LogP contribution is 2.20. The molecule has 112 valence electrons. The van der Waals surface area contributed by atoms with Gasteiger partial charge in [-0.05, 0) is 75.0 Å². The van der Waals surface area contributed by atoms with Gasteiger partial charge in [0.2, 0.25) is 0 Å². The summed E-state index contributed by atoms with van der Waals surface area (Å²) in [7, 11) is 2.04. The Kier molecular flexibility index (Phi) is 5.44. The van der Waals surface area contributed by atoms with Crippen LogP contribution in [-0.2, 0) is 12.8 Å². The number of aryl methyl sites for hydroxylation is 3. The van der Waals surface area contributed by atoms with Gasteiger partial charge in [-0.1, -0.05) is 41.4 Å². The smallest absolute Gasteiger partial charge is 0.0406 e. The summed E-state index contributed by atoms with van der Waals surface area (Å²) in [6, 6.07) is 13.1. The van der Waals surface area contributed by atoms with Crippen LogP contribution in [0.3, 0.4) is 0 Å². The minimum atomic E-state index is 0.436. The number of benzene rings is 2. The first kappa shape index (κ1) is 16.1. The first-order valence-electron chi connectivity index (χ1n) is 7.48. The van der Waals surface area contributed by atoms with Crippen molar-refractivity contribution >= 4 is 11.6 Å². The largest absolute Gasteiger partial charge is 0.316 e. The van der Waals surface area contributed by atoms with Crippen LogP contribution in [0, 0.1) is 20.8 Å². The van der Waals surface area contributed by atoms with E-state index >= 15 is 0 Å². The van der Waals surface area contributed by atoms with Gasteiger partial charge in [0.05, 0.1) is 0 Å². The molecular weight excluding hydrogens is 278 g/mol. The molecular formula is C19H24ClN. The maximum atomic E-state index is 5.95. The van der Waals surface area contributed by atoms with Crippen molar-refractivity contribution in [1.82, 2.24) is 5.32 Å². The fourth-order valence-corrected chi connectivity index (χ4v) is 3.09. The molecule has 1 atom stereocenters. The number of nitrogens with one attached hydrogen (secondary N) is 1. The van der Waals surface area contributed by atoms with E-state index < -0.39 is 0 Å². The van der Waals surface area contributed by atoms with E-state index in [1.165, 1.54) is 27.8 Å². The molecule has 0 aliphatic rings. The lowest BCUT2D eigenvalue weighted by atomic mass is 9.92. The van der Waals surface area contributed by atoms with Gasteiger partial charge in [0, 0.05) is 11.1 Å². The SMILES string of the molecule is CNC(Cc1ccc(Cl)cc1)Cc1c(C)cc(C)cc1C. The molecule has 2 heteroatoms. The van der Waals surface area contributed by atoms with E-state index in [0.29, 0.717) is 6.04 Å². The Labute approximate surface area is 133 Å². The predicted octanol–water partition coefficient (Wildman–Crippen LogP) is 4.64. The van der Waals surface area contributed by atoms with Crippen molar-refractivity contribution in [3.8, 4) is 0 Å². The van der Waals surface area contributed by atoms with Crippen molar-refractivity contribution in [2.45, 2.75) is 39.7 Å². The molecule has 1 nitrogen and oxygen atoms in total. The van der Waals surface area contributed by atoms with Gasteiger partial charge in [0.15, 0.2) is 0 Å². The number of halogens is 1. The van der Waals surface area contributed by atoms with E-state index in [4.69, 9.17) is 11.6 Å². The molecule has 0 aliphatic heterocycles. The maximum absolute atomic E-state index is 5.95. The lowest BCUT2D eigenvalue weighted by molar-refractivity contribution is 0.554. The summed E-state index contributed by atoms with van der Waals surface area (Å²) in [6.07, 6.45) is 2.07. The highest BCUT2D eigenvalue weighted by atomic mass is 35.5. The molecule has 0 spiro atoms. The average molecular weight is 302 g/mol. The molecule has 21 heavy (non-hydrogen) atoms. The summed E-state index contributed by atoms with van der Waals surface area (Å²) in [6.45, 7) is 6.59. The van der Waals surface area contributed by atoms with Crippen molar-refractivity contribution in [2.75, 3.05) is 7.05 Å². The highest BCUT2D eigenvalue weighted by Gasteiger charge is 2.12. The van der Waals surface area contributed by atoms with Crippen molar-refractivity contribution < 1.29 is 0 Å². The molecule has 0 bridgehead atoms. The summed E-state index contributed by atoms with van der Waals surface area (Å²) in [4.78, 5) is 0. The second kappa shape index (κ2) is 7.11. The minimum Gasteiger partial charge on any atom is -0.316 e. The molecule has 2 aromatic rings. The Balaban J connectivity index is 2.14. The Morgan fingerprint density at radius 3 is 2.05 bits per heavy atom. The first-order chi connectivity index (χ1) is 9.99. The average Bonchev–Trinajstić information content (AvgIpc) is 2.43. The van der Waals surface area contributed by atoms with Crippen LogP contribution in [0.25, 0.3) is 0 Å². The van der Waals surface area contributed by atoms with Crippen LogP contribution in [0.1, 0.15) is 27.8 Å². The summed E-state index contributed by atoms with van der Waals surface area (Å²) in [5.41, 5.74) is 6.91. The van der Waals surface area contributed by atoms with Gasteiger partial charge in [0.1, 0.15) is 0 Å². The molecule has 2 rings (SSSR count). The molecule has 0 aromatic heterocycles. The third kappa shape index (κ3) is 4.33. The quantitative estimate of drug-likeness (QED) is 0.848. The van der Waals surface area contributed by atoms with Crippen LogP contribution in [0.5, 0.6) is 0 Å². The van der Waals surface area contributed by atoms with Crippen molar-refractivity contribution in [2.24, 2.45) is 0 Å². The Bertz CT molecular complexity index is 578. The summed E-state index contributed by atoms with van der Waals surface area (Å²) >= 11 is 5.95. The maximum Gasteiger partial charge on any atom is 0.0406 e. The van der Waals surface area contributed by atoms with Crippen molar-refractivity contribution in [3.05, 3.63) is 69.2 Å². The van der Waals surface area contributed by atoms with E-state index in [-0.39, 0.29) is 0 Å². The van der Waals surface area contributed by atoms with Gasteiger partial charge in [-0.2, -0.15) is 0 Å².